The van der Waals surface area contributed by atoms with Gasteiger partial charge in [-0.3, -0.25) is 0 Å². The lowest BCUT2D eigenvalue weighted by Crippen LogP contribution is -1.93. The van der Waals surface area contributed by atoms with Gasteiger partial charge in [-0.2, -0.15) is 0 Å². The van der Waals surface area contributed by atoms with Gasteiger partial charge in [0, 0.05) is 5.92 Å². The van der Waals surface area contributed by atoms with Crippen molar-refractivity contribution < 1.29 is 0 Å². The molecule has 1 unspecified atom stereocenters. The van der Waals surface area contributed by atoms with Gasteiger partial charge in [-0.05, 0) is 47.2 Å². The molecule has 90 valence electrons. The van der Waals surface area contributed by atoms with Crippen LogP contribution in [0, 0.1) is 0 Å². The van der Waals surface area contributed by atoms with Gasteiger partial charge in [0.15, 0.2) is 0 Å². The molecule has 1 atom stereocenters. The Bertz CT molecular complexity index is 605. The van der Waals surface area contributed by atoms with E-state index in [9.17, 15) is 0 Å². The largest absolute Gasteiger partial charge is 0.0871 e. The lowest BCUT2D eigenvalue weighted by molar-refractivity contribution is 0.797. The minimum atomic E-state index is 0.579. The van der Waals surface area contributed by atoms with Crippen molar-refractivity contribution in [1.82, 2.24) is 0 Å². The summed E-state index contributed by atoms with van der Waals surface area (Å²) in [6.07, 6.45) is 5.44. The van der Waals surface area contributed by atoms with Gasteiger partial charge in [-0.1, -0.05) is 55.5 Å². The summed E-state index contributed by atoms with van der Waals surface area (Å²) in [5, 5.41) is 0. The molecule has 0 aliphatic heterocycles. The van der Waals surface area contributed by atoms with E-state index in [0.717, 1.165) is 0 Å². The molecule has 0 spiro atoms. The highest BCUT2D eigenvalue weighted by molar-refractivity contribution is 5.80. The van der Waals surface area contributed by atoms with Crippen molar-refractivity contribution in [2.75, 3.05) is 0 Å². The predicted octanol–water partition coefficient (Wildman–Crippen LogP) is 5.24. The lowest BCUT2D eigenvalue weighted by atomic mass is 9.94. The molecule has 18 heavy (non-hydrogen) atoms. The van der Waals surface area contributed by atoms with E-state index in [-0.39, 0.29) is 0 Å². The van der Waals surface area contributed by atoms with E-state index in [1.54, 1.807) is 0 Å². The fourth-order valence-electron chi connectivity index (χ4n) is 3.06. The average Bonchev–Trinajstić information content (AvgIpc) is 2.72. The third-order valence-corrected chi connectivity index (χ3v) is 3.85. The van der Waals surface area contributed by atoms with Crippen LogP contribution < -0.4 is 0 Å². The fourth-order valence-corrected chi connectivity index (χ4v) is 3.06. The van der Waals surface area contributed by atoms with Crippen LogP contribution in [-0.4, -0.2) is 0 Å². The van der Waals surface area contributed by atoms with Crippen molar-refractivity contribution in [3.8, 4) is 11.1 Å². The Balaban J connectivity index is 2.22. The van der Waals surface area contributed by atoms with Crippen LogP contribution in [0.5, 0.6) is 0 Å². The summed E-state index contributed by atoms with van der Waals surface area (Å²) in [6.45, 7) is 4.34. The lowest BCUT2D eigenvalue weighted by Gasteiger charge is -2.10. The van der Waals surface area contributed by atoms with Crippen LogP contribution in [-0.2, 0) is 0 Å². The zero-order valence-electron chi connectivity index (χ0n) is 11.0. The van der Waals surface area contributed by atoms with E-state index >= 15 is 0 Å². The maximum atomic E-state index is 2.32. The molecular weight excluding hydrogens is 216 g/mol. The van der Waals surface area contributed by atoms with Gasteiger partial charge in [0.25, 0.3) is 0 Å². The zero-order valence-corrected chi connectivity index (χ0v) is 11.0. The first-order chi connectivity index (χ1) is 8.85. The monoisotopic (exact) mass is 234 g/mol. The van der Waals surface area contributed by atoms with E-state index in [1.807, 2.05) is 0 Å². The van der Waals surface area contributed by atoms with E-state index in [0.29, 0.717) is 5.92 Å². The number of benzene rings is 2. The quantitative estimate of drug-likeness (QED) is 0.666. The molecule has 3 rings (SSSR count). The van der Waals surface area contributed by atoms with Gasteiger partial charge in [-0.25, -0.2) is 0 Å². The molecule has 2 aromatic rings. The van der Waals surface area contributed by atoms with Crippen molar-refractivity contribution in [2.24, 2.45) is 0 Å². The van der Waals surface area contributed by atoms with E-state index < -0.39 is 0 Å². The standard InChI is InChI=1S/C18H18/c1-3-7-13-10-11-17-14(4-2)15-8-5-6-9-16(15)18(17)12-13/h3,5-12,14H,4H2,1-2H3/b7-3+. The maximum absolute atomic E-state index is 2.32. The van der Waals surface area contributed by atoms with Crippen molar-refractivity contribution in [2.45, 2.75) is 26.2 Å². The molecule has 0 saturated carbocycles. The average molecular weight is 234 g/mol. The molecule has 0 nitrogen and oxygen atoms in total. The highest BCUT2D eigenvalue weighted by Gasteiger charge is 2.26. The van der Waals surface area contributed by atoms with Crippen LogP contribution in [0.25, 0.3) is 17.2 Å². The highest BCUT2D eigenvalue weighted by Crippen LogP contribution is 2.46. The van der Waals surface area contributed by atoms with Gasteiger partial charge in [0.1, 0.15) is 0 Å². The predicted molar refractivity (Wildman–Crippen MR) is 78.7 cm³/mol. The Morgan fingerprint density at radius 2 is 1.78 bits per heavy atom. The number of hydrogen-bond acceptors (Lipinski definition) is 0. The van der Waals surface area contributed by atoms with E-state index in [1.165, 1.54) is 34.2 Å². The van der Waals surface area contributed by atoms with Crippen LogP contribution in [0.4, 0.5) is 0 Å². The molecule has 0 fully saturated rings. The molecule has 0 saturated heterocycles. The normalized spacial score (nSPS) is 16.9. The summed E-state index contributed by atoms with van der Waals surface area (Å²) in [5.41, 5.74) is 7.13. The third kappa shape index (κ3) is 1.60. The van der Waals surface area contributed by atoms with Crippen molar-refractivity contribution >= 4 is 6.08 Å². The summed E-state index contributed by atoms with van der Waals surface area (Å²) in [4.78, 5) is 0. The molecule has 2 aromatic carbocycles. The third-order valence-electron chi connectivity index (χ3n) is 3.85. The van der Waals surface area contributed by atoms with Crippen molar-refractivity contribution in [1.29, 1.82) is 0 Å². The fraction of sp³-hybridized carbons (Fsp3) is 0.222. The molecule has 0 heteroatoms. The van der Waals surface area contributed by atoms with E-state index in [4.69, 9.17) is 0 Å². The summed E-state index contributed by atoms with van der Waals surface area (Å²) in [5.74, 6) is 0.579. The van der Waals surface area contributed by atoms with Crippen LogP contribution in [0.1, 0.15) is 42.9 Å². The Kier molecular flexibility index (Phi) is 2.79. The number of allylic oxidation sites excluding steroid dienone is 1. The Morgan fingerprint density at radius 1 is 1.00 bits per heavy atom. The second kappa shape index (κ2) is 4.45. The number of hydrogen-bond donors (Lipinski definition) is 0. The first-order valence-corrected chi connectivity index (χ1v) is 6.71. The molecule has 1 aliphatic rings. The number of fused-ring (bicyclic) bond motifs is 3. The smallest absolute Gasteiger partial charge is 0.00990 e. The van der Waals surface area contributed by atoms with Gasteiger partial charge in [0.2, 0.25) is 0 Å². The molecule has 0 heterocycles. The highest BCUT2D eigenvalue weighted by atomic mass is 14.3. The van der Waals surface area contributed by atoms with Gasteiger partial charge in [0.05, 0.1) is 0 Å². The molecule has 0 bridgehead atoms. The minimum Gasteiger partial charge on any atom is -0.0871 e. The topological polar surface area (TPSA) is 0 Å². The Labute approximate surface area is 109 Å². The number of rotatable bonds is 2. The molecule has 0 N–H and O–H groups in total. The summed E-state index contributed by atoms with van der Waals surface area (Å²) < 4.78 is 0. The van der Waals surface area contributed by atoms with Gasteiger partial charge >= 0.3 is 0 Å². The molecular formula is C18H18. The summed E-state index contributed by atoms with van der Waals surface area (Å²) >= 11 is 0. The van der Waals surface area contributed by atoms with Gasteiger partial charge in [-0.15, -0.1) is 0 Å². The first kappa shape index (κ1) is 11.3. The maximum Gasteiger partial charge on any atom is 0.00990 e. The van der Waals surface area contributed by atoms with E-state index in [2.05, 4.69) is 68.5 Å². The van der Waals surface area contributed by atoms with Crippen molar-refractivity contribution in [3.63, 3.8) is 0 Å². The summed E-state index contributed by atoms with van der Waals surface area (Å²) in [6, 6.07) is 15.7. The second-order valence-corrected chi connectivity index (χ2v) is 4.89. The first-order valence-electron chi connectivity index (χ1n) is 6.71. The Hall–Kier alpha value is -1.82. The molecule has 0 aromatic heterocycles. The molecule has 1 aliphatic carbocycles. The minimum absolute atomic E-state index is 0.579. The SMILES string of the molecule is C/C=C/c1ccc2c(c1)-c1ccccc1C2CC. The van der Waals surface area contributed by atoms with Crippen molar-refractivity contribution in [3.05, 3.63) is 65.2 Å². The van der Waals surface area contributed by atoms with Crippen LogP contribution >= 0.6 is 0 Å². The molecule has 0 amide bonds. The molecule has 0 radical (unpaired) electrons. The summed E-state index contributed by atoms with van der Waals surface area (Å²) in [7, 11) is 0. The van der Waals surface area contributed by atoms with Gasteiger partial charge < -0.3 is 0 Å². The second-order valence-electron chi connectivity index (χ2n) is 4.89. The van der Waals surface area contributed by atoms with Crippen LogP contribution in [0.2, 0.25) is 0 Å². The zero-order chi connectivity index (χ0) is 12.5. The van der Waals surface area contributed by atoms with Crippen LogP contribution in [0.15, 0.2) is 48.5 Å². The van der Waals surface area contributed by atoms with Crippen LogP contribution in [0.3, 0.4) is 0 Å². The Morgan fingerprint density at radius 3 is 2.56 bits per heavy atom.